The molecule has 9 nitrogen and oxygen atoms in total. The van der Waals surface area contributed by atoms with Crippen LogP contribution in [0.15, 0.2) is 18.3 Å². The van der Waals surface area contributed by atoms with Crippen LogP contribution in [-0.2, 0) is 15.1 Å². The van der Waals surface area contributed by atoms with Gasteiger partial charge in [0.2, 0.25) is 5.95 Å². The van der Waals surface area contributed by atoms with Crippen molar-refractivity contribution in [1.29, 1.82) is 0 Å². The maximum Gasteiger partial charge on any atom is 0.223 e. The fourth-order valence-electron chi connectivity index (χ4n) is 4.37. The molecule has 0 spiro atoms. The van der Waals surface area contributed by atoms with Crippen LogP contribution in [0.4, 0.5) is 10.3 Å². The number of hydrogen-bond acceptors (Lipinski definition) is 8. The summed E-state index contributed by atoms with van der Waals surface area (Å²) < 4.78 is 43.4. The molecule has 11 heteroatoms. The molecule has 2 aliphatic rings. The number of nitrogens with one attached hydrogen (secondary N) is 1. The van der Waals surface area contributed by atoms with E-state index in [1.165, 1.54) is 12.3 Å². The van der Waals surface area contributed by atoms with Gasteiger partial charge in [-0.2, -0.15) is 0 Å². The first-order valence-corrected chi connectivity index (χ1v) is 11.4. The molecule has 0 amide bonds. The van der Waals surface area contributed by atoms with Gasteiger partial charge in [0.05, 0.1) is 43.9 Å². The molecule has 2 bridgehead atoms. The summed E-state index contributed by atoms with van der Waals surface area (Å²) in [5.74, 6) is -0.132. The molecule has 5 rings (SSSR count). The minimum Gasteiger partial charge on any atom is -0.386 e. The summed E-state index contributed by atoms with van der Waals surface area (Å²) in [6.45, 7) is 5.01. The van der Waals surface area contributed by atoms with E-state index in [9.17, 15) is 10.2 Å². The van der Waals surface area contributed by atoms with Gasteiger partial charge in [0.15, 0.2) is 12.1 Å². The quantitative estimate of drug-likeness (QED) is 0.495. The number of aliphatic hydroxyl groups is 2. The normalized spacial score (nSPS) is 27.2. The third-order valence-corrected chi connectivity index (χ3v) is 6.19. The smallest absolute Gasteiger partial charge is 0.223 e. The average molecular weight is 494 g/mol. The van der Waals surface area contributed by atoms with E-state index in [1.807, 2.05) is 13.8 Å². The van der Waals surface area contributed by atoms with E-state index in [1.54, 1.807) is 24.5 Å². The van der Waals surface area contributed by atoms with Crippen molar-refractivity contribution in [3.05, 3.63) is 35.0 Å². The number of halogens is 2. The van der Waals surface area contributed by atoms with E-state index in [4.69, 9.17) is 23.8 Å². The van der Waals surface area contributed by atoms with Crippen molar-refractivity contribution < 1.29 is 26.8 Å². The van der Waals surface area contributed by atoms with Crippen LogP contribution in [0.2, 0.25) is 5.02 Å². The molecular weight excluding hydrogens is 465 g/mol. The predicted molar refractivity (Wildman–Crippen MR) is 124 cm³/mol. The SMILES string of the molecule is [2H]C1([2H])O[C@@H]2O[C@H]1C[C@@H](Nc1ncc(Cl)c(-c3cc(F)c4nc(C(C)(C)O)n(C(C)C)c4c3)n1)[C@@H]2O. The number of nitrogens with zero attached hydrogens (tertiary/aromatic N) is 4. The number of benzene rings is 1. The predicted octanol–water partition coefficient (Wildman–Crippen LogP) is 3.38. The molecule has 2 aliphatic heterocycles. The zero-order chi connectivity index (χ0) is 26.2. The highest BCUT2D eigenvalue weighted by molar-refractivity contribution is 6.33. The first-order valence-electron chi connectivity index (χ1n) is 12.0. The van der Waals surface area contributed by atoms with Gasteiger partial charge in [0, 0.05) is 11.6 Å². The van der Waals surface area contributed by atoms with Gasteiger partial charge in [-0.15, -0.1) is 0 Å². The van der Waals surface area contributed by atoms with Gasteiger partial charge >= 0.3 is 0 Å². The molecule has 0 aliphatic carbocycles. The van der Waals surface area contributed by atoms with Gasteiger partial charge in [0.1, 0.15) is 23.0 Å². The van der Waals surface area contributed by atoms with Crippen molar-refractivity contribution in [3.63, 3.8) is 0 Å². The van der Waals surface area contributed by atoms with Gasteiger partial charge in [-0.1, -0.05) is 11.6 Å². The summed E-state index contributed by atoms with van der Waals surface area (Å²) in [5, 5.41) is 24.4. The Labute approximate surface area is 203 Å². The fourth-order valence-corrected chi connectivity index (χ4v) is 4.57. The van der Waals surface area contributed by atoms with Gasteiger partial charge in [-0.3, -0.25) is 0 Å². The lowest BCUT2D eigenvalue weighted by Crippen LogP contribution is -2.48. The van der Waals surface area contributed by atoms with Crippen LogP contribution in [0.1, 0.15) is 48.7 Å². The van der Waals surface area contributed by atoms with E-state index >= 15 is 4.39 Å². The van der Waals surface area contributed by atoms with E-state index in [2.05, 4.69) is 20.3 Å². The van der Waals surface area contributed by atoms with Crippen LogP contribution in [0, 0.1) is 5.82 Å². The first kappa shape index (κ1) is 21.0. The monoisotopic (exact) mass is 493 g/mol. The van der Waals surface area contributed by atoms with Crippen LogP contribution in [0.5, 0.6) is 0 Å². The average Bonchev–Trinajstić information content (AvgIpc) is 3.29. The van der Waals surface area contributed by atoms with Crippen molar-refractivity contribution in [2.75, 3.05) is 11.9 Å². The molecule has 3 N–H and O–H groups in total. The Morgan fingerprint density at radius 3 is 2.82 bits per heavy atom. The minimum absolute atomic E-state index is 0.113. The first-order chi connectivity index (χ1) is 16.8. The molecule has 2 fully saturated rings. The highest BCUT2D eigenvalue weighted by Gasteiger charge is 2.43. The summed E-state index contributed by atoms with van der Waals surface area (Å²) in [6, 6.07) is 2.23. The molecule has 4 heterocycles. The molecule has 0 unspecified atom stereocenters. The van der Waals surface area contributed by atoms with Crippen molar-refractivity contribution in [1.82, 2.24) is 19.5 Å². The molecule has 3 aromatic rings. The second-order valence-electron chi connectivity index (χ2n) is 9.38. The molecule has 4 atom stereocenters. The van der Waals surface area contributed by atoms with Crippen molar-refractivity contribution in [3.8, 4) is 11.3 Å². The van der Waals surface area contributed by atoms with Crippen molar-refractivity contribution in [2.45, 2.75) is 70.3 Å². The number of hydrogen-bond donors (Lipinski definition) is 3. The van der Waals surface area contributed by atoms with Crippen molar-refractivity contribution in [2.24, 2.45) is 0 Å². The highest BCUT2D eigenvalue weighted by Crippen LogP contribution is 2.35. The Bertz CT molecular complexity index is 1330. The van der Waals surface area contributed by atoms with Gasteiger partial charge in [-0.05, 0) is 46.2 Å². The lowest BCUT2D eigenvalue weighted by Gasteiger charge is -2.32. The molecule has 0 saturated carbocycles. The second kappa shape index (κ2) is 8.39. The van der Waals surface area contributed by atoms with E-state index in [-0.39, 0.29) is 34.6 Å². The molecule has 2 saturated heterocycles. The highest BCUT2D eigenvalue weighted by atomic mass is 35.5. The topological polar surface area (TPSA) is 115 Å². The summed E-state index contributed by atoms with van der Waals surface area (Å²) in [5.41, 5.74) is -0.0393. The van der Waals surface area contributed by atoms with Crippen LogP contribution in [0.3, 0.4) is 0 Å². The Balaban J connectivity index is 1.53. The summed E-state index contributed by atoms with van der Waals surface area (Å²) in [7, 11) is 0. The lowest BCUT2D eigenvalue weighted by molar-refractivity contribution is -0.156. The minimum atomic E-state index is -2.01. The molecular formula is C23H27ClFN5O4. The van der Waals surface area contributed by atoms with E-state index in [0.717, 1.165) is 0 Å². The molecule has 34 heavy (non-hydrogen) atoms. The van der Waals surface area contributed by atoms with Crippen LogP contribution in [0.25, 0.3) is 22.3 Å². The molecule has 1 aromatic carbocycles. The molecule has 182 valence electrons. The Hall–Kier alpha value is -2.37. The van der Waals surface area contributed by atoms with Crippen LogP contribution in [-0.4, -0.2) is 60.8 Å². The summed E-state index contributed by atoms with van der Waals surface area (Å²) in [4.78, 5) is 13.0. The third kappa shape index (κ3) is 4.03. The van der Waals surface area contributed by atoms with Crippen LogP contribution >= 0.6 is 11.6 Å². The van der Waals surface area contributed by atoms with Gasteiger partial charge in [-0.25, -0.2) is 19.3 Å². The fraction of sp³-hybridized carbons (Fsp3) is 0.522. The lowest BCUT2D eigenvalue weighted by atomic mass is 10.0. The number of ether oxygens (including phenoxy) is 2. The van der Waals surface area contributed by atoms with Crippen molar-refractivity contribution >= 4 is 28.6 Å². The number of rotatable bonds is 5. The maximum atomic E-state index is 15.2. The van der Waals surface area contributed by atoms with Gasteiger partial charge < -0.3 is 29.6 Å². The Kier molecular flexibility index (Phi) is 5.17. The number of aromatic nitrogens is 4. The number of imidazole rings is 1. The number of aliphatic hydroxyl groups excluding tert-OH is 1. The number of anilines is 1. The standard InChI is InChI=1S/C23H27ClFN5O4/c1-10(2)30-16-6-11(5-14(25)18(16)28-21(30)23(3,4)32)17-13(24)8-26-22(29-17)27-15-7-12-9-33-20(34-12)19(15)31/h5-6,8,10,12,15,19-20,31-32H,7,9H2,1-4H3,(H,26,27,29)/t12-,15+,19-,20+/m0/s1/i9D2. The Morgan fingerprint density at radius 1 is 1.35 bits per heavy atom. The summed E-state index contributed by atoms with van der Waals surface area (Å²) in [6.07, 6.45) is -1.63. The maximum absolute atomic E-state index is 15.2. The summed E-state index contributed by atoms with van der Waals surface area (Å²) >= 11 is 6.40. The Morgan fingerprint density at radius 2 is 2.12 bits per heavy atom. The van der Waals surface area contributed by atoms with Crippen LogP contribution < -0.4 is 5.32 Å². The second-order valence-corrected chi connectivity index (χ2v) is 9.79. The van der Waals surface area contributed by atoms with E-state index in [0.29, 0.717) is 16.9 Å². The molecule has 2 aromatic heterocycles. The van der Waals surface area contributed by atoms with E-state index < -0.39 is 42.5 Å². The third-order valence-electron chi connectivity index (χ3n) is 5.92. The zero-order valence-corrected chi connectivity index (χ0v) is 19.8. The number of fused-ring (bicyclic) bond motifs is 3. The van der Waals surface area contributed by atoms with Gasteiger partial charge in [0.25, 0.3) is 0 Å². The zero-order valence-electron chi connectivity index (χ0n) is 21.1. The largest absolute Gasteiger partial charge is 0.386 e. The molecule has 0 radical (unpaired) electrons.